The molecule has 2 aromatic rings. The van der Waals surface area contributed by atoms with Crippen molar-refractivity contribution in [3.63, 3.8) is 0 Å². The van der Waals surface area contributed by atoms with Gasteiger partial charge in [-0.15, -0.1) is 5.10 Å². The number of benzene rings is 1. The maximum atomic E-state index is 11.1. The molecule has 0 spiro atoms. The summed E-state index contributed by atoms with van der Waals surface area (Å²) >= 11 is 0. The van der Waals surface area contributed by atoms with E-state index < -0.39 is 5.97 Å². The number of aryl methyl sites for hydroxylation is 2. The maximum absolute atomic E-state index is 11.1. The van der Waals surface area contributed by atoms with E-state index in [0.717, 1.165) is 35.5 Å². The summed E-state index contributed by atoms with van der Waals surface area (Å²) in [6.07, 6.45) is 2.12. The summed E-state index contributed by atoms with van der Waals surface area (Å²) in [5, 5.41) is 13.2. The fourth-order valence-electron chi connectivity index (χ4n) is 2.15. The molecule has 1 aromatic carbocycles. The normalized spacial score (nSPS) is 14.6. The van der Waals surface area contributed by atoms with Crippen molar-refractivity contribution in [2.75, 3.05) is 0 Å². The lowest BCUT2D eigenvalue weighted by molar-refractivity contribution is 0.0683. The number of carboxylic acids is 1. The van der Waals surface area contributed by atoms with Gasteiger partial charge in [-0.05, 0) is 43.9 Å². The summed E-state index contributed by atoms with van der Waals surface area (Å²) in [6, 6.07) is 6.07. The molecule has 1 aromatic heterocycles. The van der Waals surface area contributed by atoms with Crippen molar-refractivity contribution < 1.29 is 9.90 Å². The Morgan fingerprint density at radius 2 is 2.11 bits per heavy atom. The van der Waals surface area contributed by atoms with Crippen LogP contribution >= 0.6 is 0 Å². The zero-order valence-corrected chi connectivity index (χ0v) is 10.9. The summed E-state index contributed by atoms with van der Waals surface area (Å²) in [4.78, 5) is 15.2. The van der Waals surface area contributed by atoms with Crippen molar-refractivity contribution in [2.45, 2.75) is 32.6 Å². The molecule has 98 valence electrons. The van der Waals surface area contributed by atoms with E-state index in [2.05, 4.69) is 10.1 Å². The molecule has 1 aliphatic rings. The maximum Gasteiger partial charge on any atom is 0.375 e. The zero-order chi connectivity index (χ0) is 13.6. The monoisotopic (exact) mass is 257 g/mol. The zero-order valence-electron chi connectivity index (χ0n) is 10.9. The predicted octanol–water partition coefficient (Wildman–Crippen LogP) is 2.46. The summed E-state index contributed by atoms with van der Waals surface area (Å²) in [5.41, 5.74) is 3.10. The van der Waals surface area contributed by atoms with E-state index in [9.17, 15) is 4.79 Å². The van der Waals surface area contributed by atoms with Gasteiger partial charge in [0.25, 0.3) is 5.82 Å². The van der Waals surface area contributed by atoms with Crippen LogP contribution in [0.4, 0.5) is 0 Å². The second-order valence-corrected chi connectivity index (χ2v) is 5.07. The van der Waals surface area contributed by atoms with Crippen LogP contribution in [-0.4, -0.2) is 25.8 Å². The second kappa shape index (κ2) is 4.19. The van der Waals surface area contributed by atoms with Crippen LogP contribution < -0.4 is 0 Å². The van der Waals surface area contributed by atoms with Crippen molar-refractivity contribution in [3.8, 4) is 5.69 Å². The van der Waals surface area contributed by atoms with Gasteiger partial charge in [-0.2, -0.15) is 0 Å². The molecule has 1 heterocycles. The van der Waals surface area contributed by atoms with E-state index in [-0.39, 0.29) is 5.82 Å². The van der Waals surface area contributed by atoms with E-state index in [1.54, 1.807) is 4.68 Å². The van der Waals surface area contributed by atoms with Gasteiger partial charge < -0.3 is 5.11 Å². The number of nitrogens with zero attached hydrogens (tertiary/aromatic N) is 3. The smallest absolute Gasteiger partial charge is 0.375 e. The quantitative estimate of drug-likeness (QED) is 0.917. The SMILES string of the molecule is Cc1ccc(C)c(-n2nc(C(=O)O)nc2C2CC2)c1. The molecular formula is C14H15N3O2. The van der Waals surface area contributed by atoms with Crippen LogP contribution in [0.1, 0.15) is 46.3 Å². The average Bonchev–Trinajstić information content (AvgIpc) is 3.11. The van der Waals surface area contributed by atoms with Gasteiger partial charge in [0.05, 0.1) is 5.69 Å². The van der Waals surface area contributed by atoms with Gasteiger partial charge in [0.1, 0.15) is 5.82 Å². The van der Waals surface area contributed by atoms with E-state index >= 15 is 0 Å². The highest BCUT2D eigenvalue weighted by Gasteiger charge is 2.31. The summed E-state index contributed by atoms with van der Waals surface area (Å²) in [6.45, 7) is 4.00. The molecule has 0 aliphatic heterocycles. The Hall–Kier alpha value is -2.17. The molecule has 0 unspecified atom stereocenters. The van der Waals surface area contributed by atoms with Gasteiger partial charge in [0.2, 0.25) is 0 Å². The molecule has 1 N–H and O–H groups in total. The molecule has 0 saturated heterocycles. The van der Waals surface area contributed by atoms with Crippen LogP contribution in [0.5, 0.6) is 0 Å². The largest absolute Gasteiger partial charge is 0.475 e. The fourth-order valence-corrected chi connectivity index (χ4v) is 2.15. The van der Waals surface area contributed by atoms with Crippen molar-refractivity contribution in [1.29, 1.82) is 0 Å². The minimum atomic E-state index is -1.08. The number of aromatic carboxylic acids is 1. The first-order valence-corrected chi connectivity index (χ1v) is 6.34. The van der Waals surface area contributed by atoms with Gasteiger partial charge in [-0.25, -0.2) is 14.5 Å². The lowest BCUT2D eigenvalue weighted by Crippen LogP contribution is -2.05. The lowest BCUT2D eigenvalue weighted by Gasteiger charge is -2.09. The first-order valence-electron chi connectivity index (χ1n) is 6.34. The standard InChI is InChI=1S/C14H15N3O2/c1-8-3-4-9(2)11(7-8)17-13(10-5-6-10)15-12(16-17)14(18)19/h3-4,7,10H,5-6H2,1-2H3,(H,18,19). The highest BCUT2D eigenvalue weighted by molar-refractivity contribution is 5.83. The van der Waals surface area contributed by atoms with E-state index in [0.29, 0.717) is 5.92 Å². The third-order valence-corrected chi connectivity index (χ3v) is 3.36. The van der Waals surface area contributed by atoms with E-state index in [1.165, 1.54) is 0 Å². The summed E-state index contributed by atoms with van der Waals surface area (Å²) in [7, 11) is 0. The van der Waals surface area contributed by atoms with Gasteiger partial charge in [-0.1, -0.05) is 12.1 Å². The molecule has 1 saturated carbocycles. The van der Waals surface area contributed by atoms with Crippen LogP contribution in [0.2, 0.25) is 0 Å². The Kier molecular flexibility index (Phi) is 2.62. The highest BCUT2D eigenvalue weighted by atomic mass is 16.4. The van der Waals surface area contributed by atoms with Crippen LogP contribution in [0.3, 0.4) is 0 Å². The average molecular weight is 257 g/mol. The number of aromatic nitrogens is 3. The Morgan fingerprint density at radius 3 is 2.74 bits per heavy atom. The van der Waals surface area contributed by atoms with Crippen LogP contribution in [0.25, 0.3) is 5.69 Å². The predicted molar refractivity (Wildman–Crippen MR) is 69.8 cm³/mol. The van der Waals surface area contributed by atoms with Gasteiger partial charge >= 0.3 is 5.97 Å². The van der Waals surface area contributed by atoms with E-state index in [4.69, 9.17) is 5.11 Å². The van der Waals surface area contributed by atoms with Gasteiger partial charge in [0, 0.05) is 5.92 Å². The van der Waals surface area contributed by atoms with Crippen molar-refractivity contribution in [3.05, 3.63) is 41.0 Å². The van der Waals surface area contributed by atoms with Crippen molar-refractivity contribution in [1.82, 2.24) is 14.8 Å². The Balaban J connectivity index is 2.17. The summed E-state index contributed by atoms with van der Waals surface area (Å²) < 4.78 is 1.70. The topological polar surface area (TPSA) is 68.0 Å². The van der Waals surface area contributed by atoms with Gasteiger partial charge in [-0.3, -0.25) is 0 Å². The molecule has 19 heavy (non-hydrogen) atoms. The molecule has 1 fully saturated rings. The lowest BCUT2D eigenvalue weighted by atomic mass is 10.1. The van der Waals surface area contributed by atoms with Crippen LogP contribution in [0, 0.1) is 13.8 Å². The third-order valence-electron chi connectivity index (χ3n) is 3.36. The van der Waals surface area contributed by atoms with Crippen LogP contribution in [-0.2, 0) is 0 Å². The first-order chi connectivity index (χ1) is 9.06. The number of hydrogen-bond donors (Lipinski definition) is 1. The molecule has 5 nitrogen and oxygen atoms in total. The molecule has 5 heteroatoms. The van der Waals surface area contributed by atoms with Crippen molar-refractivity contribution in [2.24, 2.45) is 0 Å². The Bertz CT molecular complexity index is 657. The summed E-state index contributed by atoms with van der Waals surface area (Å²) in [5.74, 6) is -0.0830. The number of carboxylic acid groups (broad SMARTS) is 1. The molecule has 1 aliphatic carbocycles. The molecule has 0 atom stereocenters. The highest BCUT2D eigenvalue weighted by Crippen LogP contribution is 2.40. The molecular weight excluding hydrogens is 242 g/mol. The van der Waals surface area contributed by atoms with E-state index in [1.807, 2.05) is 32.0 Å². The fraction of sp³-hybridized carbons (Fsp3) is 0.357. The Labute approximate surface area is 110 Å². The third kappa shape index (κ3) is 2.12. The number of hydrogen-bond acceptors (Lipinski definition) is 3. The number of carbonyl (C=O) groups is 1. The minimum Gasteiger partial charge on any atom is -0.475 e. The van der Waals surface area contributed by atoms with Crippen molar-refractivity contribution >= 4 is 5.97 Å². The second-order valence-electron chi connectivity index (χ2n) is 5.07. The minimum absolute atomic E-state index is 0.122. The number of rotatable bonds is 3. The molecule has 0 amide bonds. The van der Waals surface area contributed by atoms with Crippen LogP contribution in [0.15, 0.2) is 18.2 Å². The molecule has 0 bridgehead atoms. The molecule has 0 radical (unpaired) electrons. The Morgan fingerprint density at radius 1 is 1.37 bits per heavy atom. The van der Waals surface area contributed by atoms with Gasteiger partial charge in [0.15, 0.2) is 0 Å². The molecule has 3 rings (SSSR count). The first kappa shape index (κ1) is 11.9.